The number of hydrogen-bond donors (Lipinski definition) is 0. The third-order valence-electron chi connectivity index (χ3n) is 4.05. The van der Waals surface area contributed by atoms with Crippen LogP contribution in [0.25, 0.3) is 0 Å². The fraction of sp³-hybridized carbons (Fsp3) is 0.867. The lowest BCUT2D eigenvalue weighted by atomic mass is 9.93. The van der Waals surface area contributed by atoms with Crippen LogP contribution in [0.15, 0.2) is 0 Å². The predicted molar refractivity (Wildman–Crippen MR) is 85.5 cm³/mol. The number of nitrogens with zero attached hydrogens (tertiary/aromatic N) is 3. The Hall–Kier alpha value is -1.13. The molecule has 1 amide bonds. The summed E-state index contributed by atoms with van der Waals surface area (Å²) < 4.78 is 26.7. The molecule has 1 fully saturated rings. The van der Waals surface area contributed by atoms with Gasteiger partial charge in [-0.2, -0.15) is 9.57 Å². The van der Waals surface area contributed by atoms with Gasteiger partial charge in [0.05, 0.1) is 11.8 Å². The molecule has 0 aromatic heterocycles. The van der Waals surface area contributed by atoms with Gasteiger partial charge in [0.15, 0.2) is 0 Å². The van der Waals surface area contributed by atoms with E-state index in [1.54, 1.807) is 18.7 Å². The fourth-order valence-corrected chi connectivity index (χ4v) is 5.15. The molecule has 1 heterocycles. The Morgan fingerprint density at radius 1 is 1.36 bits per heavy atom. The molecule has 0 bridgehead atoms. The summed E-state index contributed by atoms with van der Waals surface area (Å²) in [6.07, 6.45) is 1.46. The molecule has 0 aromatic carbocycles. The lowest BCUT2D eigenvalue weighted by molar-refractivity contribution is -0.134. The van der Waals surface area contributed by atoms with Gasteiger partial charge in [0.25, 0.3) is 0 Å². The Balaban J connectivity index is 2.94. The third-order valence-corrected chi connectivity index (χ3v) is 6.35. The summed E-state index contributed by atoms with van der Waals surface area (Å²) in [5.41, 5.74) is -0.612. The Morgan fingerprint density at radius 3 is 2.45 bits per heavy atom. The average molecular weight is 329 g/mol. The highest BCUT2D eigenvalue weighted by molar-refractivity contribution is 7.89. The molecular formula is C15H27N3O3S. The molecule has 0 radical (unpaired) electrons. The monoisotopic (exact) mass is 329 g/mol. The molecular weight excluding hydrogens is 302 g/mol. The SMILES string of the molecule is CCN(CC)C(=O)[C@@H]1CCCN1S(=O)(=O)CC(C)(C)CC#N. The van der Waals surface area contributed by atoms with E-state index in [2.05, 4.69) is 0 Å². The molecule has 6 nitrogen and oxygen atoms in total. The van der Waals surface area contributed by atoms with Gasteiger partial charge in [-0.05, 0) is 32.1 Å². The van der Waals surface area contributed by atoms with E-state index in [0.29, 0.717) is 32.5 Å². The summed E-state index contributed by atoms with van der Waals surface area (Å²) in [6.45, 7) is 8.88. The molecule has 1 aliphatic heterocycles. The maximum absolute atomic E-state index is 12.7. The highest BCUT2D eigenvalue weighted by Gasteiger charge is 2.41. The van der Waals surface area contributed by atoms with Crippen molar-refractivity contribution in [3.63, 3.8) is 0 Å². The maximum Gasteiger partial charge on any atom is 0.241 e. The summed E-state index contributed by atoms with van der Waals surface area (Å²) in [5.74, 6) is -0.209. The van der Waals surface area contributed by atoms with Gasteiger partial charge < -0.3 is 4.90 Å². The lowest BCUT2D eigenvalue weighted by Crippen LogP contribution is -2.49. The molecule has 0 unspecified atom stereocenters. The predicted octanol–water partition coefficient (Wildman–Crippen LogP) is 1.59. The number of rotatable bonds is 7. The molecule has 1 aliphatic rings. The van der Waals surface area contributed by atoms with Gasteiger partial charge >= 0.3 is 0 Å². The quantitative estimate of drug-likeness (QED) is 0.710. The van der Waals surface area contributed by atoms with Crippen molar-refractivity contribution in [2.24, 2.45) is 5.41 Å². The number of amides is 1. The van der Waals surface area contributed by atoms with E-state index in [4.69, 9.17) is 5.26 Å². The van der Waals surface area contributed by atoms with E-state index in [0.717, 1.165) is 0 Å². The Morgan fingerprint density at radius 2 is 1.95 bits per heavy atom. The molecule has 0 saturated carbocycles. The minimum absolute atomic E-state index is 0.102. The lowest BCUT2D eigenvalue weighted by Gasteiger charge is -2.31. The second-order valence-electron chi connectivity index (χ2n) is 6.53. The van der Waals surface area contributed by atoms with Crippen molar-refractivity contribution in [3.8, 4) is 6.07 Å². The minimum atomic E-state index is -3.55. The molecule has 22 heavy (non-hydrogen) atoms. The zero-order valence-electron chi connectivity index (χ0n) is 14.0. The topological polar surface area (TPSA) is 81.5 Å². The summed E-state index contributed by atoms with van der Waals surface area (Å²) in [5, 5.41) is 8.82. The van der Waals surface area contributed by atoms with E-state index in [9.17, 15) is 13.2 Å². The zero-order valence-corrected chi connectivity index (χ0v) is 14.8. The van der Waals surface area contributed by atoms with Gasteiger partial charge in [-0.3, -0.25) is 4.79 Å². The highest BCUT2D eigenvalue weighted by Crippen LogP contribution is 2.29. The van der Waals surface area contributed by atoms with Crippen molar-refractivity contribution >= 4 is 15.9 Å². The summed E-state index contributed by atoms with van der Waals surface area (Å²) in [7, 11) is -3.55. The Labute approximate surface area is 134 Å². The molecule has 1 rings (SSSR count). The van der Waals surface area contributed by atoms with Gasteiger partial charge in [0, 0.05) is 26.1 Å². The second kappa shape index (κ2) is 7.42. The third kappa shape index (κ3) is 4.43. The number of carbonyl (C=O) groups is 1. The summed E-state index contributed by atoms with van der Waals surface area (Å²) >= 11 is 0. The van der Waals surface area contributed by atoms with Crippen LogP contribution in [0.2, 0.25) is 0 Å². The first-order valence-electron chi connectivity index (χ1n) is 7.83. The summed E-state index contributed by atoms with van der Waals surface area (Å²) in [6, 6.07) is 1.45. The number of carbonyl (C=O) groups excluding carboxylic acids is 1. The van der Waals surface area contributed by atoms with Crippen molar-refractivity contribution < 1.29 is 13.2 Å². The fourth-order valence-electron chi connectivity index (χ4n) is 2.91. The standard InChI is InChI=1S/C15H27N3O3S/c1-5-17(6-2)14(19)13-8-7-11-18(13)22(20,21)12-15(3,4)9-10-16/h13H,5-9,11-12H2,1-4H3/t13-/m0/s1. The van der Waals surface area contributed by atoms with Crippen LogP contribution < -0.4 is 0 Å². The van der Waals surface area contributed by atoms with Crippen molar-refractivity contribution in [2.75, 3.05) is 25.4 Å². The molecule has 1 atom stereocenters. The molecule has 1 saturated heterocycles. The van der Waals surface area contributed by atoms with Crippen LogP contribution in [0.5, 0.6) is 0 Å². The van der Waals surface area contributed by atoms with Crippen LogP contribution in [-0.2, 0) is 14.8 Å². The number of nitriles is 1. The van der Waals surface area contributed by atoms with Crippen molar-refractivity contribution in [3.05, 3.63) is 0 Å². The van der Waals surface area contributed by atoms with Gasteiger partial charge in [-0.15, -0.1) is 0 Å². The van der Waals surface area contributed by atoms with Gasteiger partial charge in [-0.25, -0.2) is 8.42 Å². The van der Waals surface area contributed by atoms with Crippen molar-refractivity contribution in [1.82, 2.24) is 9.21 Å². The minimum Gasteiger partial charge on any atom is -0.342 e. The molecule has 0 N–H and O–H groups in total. The second-order valence-corrected chi connectivity index (χ2v) is 8.46. The van der Waals surface area contributed by atoms with Gasteiger partial charge in [0.1, 0.15) is 6.04 Å². The number of sulfonamides is 1. The first-order valence-corrected chi connectivity index (χ1v) is 9.44. The molecule has 0 aromatic rings. The van der Waals surface area contributed by atoms with E-state index in [1.165, 1.54) is 4.31 Å². The van der Waals surface area contributed by atoms with Crippen LogP contribution in [0.3, 0.4) is 0 Å². The van der Waals surface area contributed by atoms with Crippen molar-refractivity contribution in [1.29, 1.82) is 5.26 Å². The molecule has 7 heteroatoms. The zero-order chi connectivity index (χ0) is 17.0. The number of hydrogen-bond acceptors (Lipinski definition) is 4. The Kier molecular flexibility index (Phi) is 6.38. The van der Waals surface area contributed by atoms with E-state index in [1.807, 2.05) is 19.9 Å². The van der Waals surface area contributed by atoms with Crippen molar-refractivity contribution in [2.45, 2.75) is 53.0 Å². The smallest absolute Gasteiger partial charge is 0.241 e. The van der Waals surface area contributed by atoms with E-state index < -0.39 is 21.5 Å². The first-order chi connectivity index (χ1) is 10.2. The molecule has 126 valence electrons. The van der Waals surface area contributed by atoms with Crippen LogP contribution in [0.4, 0.5) is 0 Å². The largest absolute Gasteiger partial charge is 0.342 e. The normalized spacial score (nSPS) is 19.9. The van der Waals surface area contributed by atoms with Gasteiger partial charge in [-0.1, -0.05) is 13.8 Å². The Bertz CT molecular complexity index is 533. The van der Waals surface area contributed by atoms with Crippen LogP contribution in [0.1, 0.15) is 47.0 Å². The van der Waals surface area contributed by atoms with E-state index >= 15 is 0 Å². The first kappa shape index (κ1) is 18.9. The summed E-state index contributed by atoms with van der Waals surface area (Å²) in [4.78, 5) is 14.2. The van der Waals surface area contributed by atoms with Crippen LogP contribution in [-0.4, -0.2) is 55.0 Å². The van der Waals surface area contributed by atoms with Crippen LogP contribution in [0, 0.1) is 16.7 Å². The molecule has 0 spiro atoms. The van der Waals surface area contributed by atoms with Crippen LogP contribution >= 0.6 is 0 Å². The highest BCUT2D eigenvalue weighted by atomic mass is 32.2. The van der Waals surface area contributed by atoms with E-state index in [-0.39, 0.29) is 18.1 Å². The van der Waals surface area contributed by atoms with Gasteiger partial charge in [0.2, 0.25) is 15.9 Å². The average Bonchev–Trinajstić information content (AvgIpc) is 2.88. The molecule has 0 aliphatic carbocycles. The number of likely N-dealkylation sites (N-methyl/N-ethyl adjacent to an activating group) is 1. The maximum atomic E-state index is 12.7.